The third kappa shape index (κ3) is 9.03. The predicted octanol–water partition coefficient (Wildman–Crippen LogP) is 6.28. The highest BCUT2D eigenvalue weighted by Crippen LogP contribution is 2.28. The molecule has 0 unspecified atom stereocenters. The second-order valence-corrected chi connectivity index (χ2v) is 10.1. The van der Waals surface area contributed by atoms with Crippen LogP contribution in [0.5, 0.6) is 23.0 Å². The van der Waals surface area contributed by atoms with Gasteiger partial charge in [0.1, 0.15) is 34.2 Å². The van der Waals surface area contributed by atoms with Gasteiger partial charge in [0.25, 0.3) is 0 Å². The Balaban J connectivity index is 1.52. The first kappa shape index (κ1) is 29.0. The molecule has 8 heteroatoms. The molecule has 8 nitrogen and oxygen atoms in total. The van der Waals surface area contributed by atoms with Crippen molar-refractivity contribution >= 4 is 17.9 Å². The smallest absolute Gasteiger partial charge is 0.343 e. The molecule has 0 saturated carbocycles. The first-order valence-corrected chi connectivity index (χ1v) is 12.3. The number of ether oxygens (including phenoxy) is 4. The van der Waals surface area contributed by atoms with Crippen LogP contribution < -0.4 is 14.2 Å². The Morgan fingerprint density at radius 2 is 1.10 bits per heavy atom. The highest BCUT2D eigenvalue weighted by atomic mass is 16.6. The molecule has 39 heavy (non-hydrogen) atoms. The summed E-state index contributed by atoms with van der Waals surface area (Å²) in [5.41, 5.74) is -0.586. The number of rotatable bonds is 11. The third-order valence-corrected chi connectivity index (χ3v) is 5.70. The lowest BCUT2D eigenvalue weighted by atomic mass is 9.93. The van der Waals surface area contributed by atoms with Crippen LogP contribution in [0.2, 0.25) is 0 Å². The van der Waals surface area contributed by atoms with E-state index >= 15 is 0 Å². The van der Waals surface area contributed by atoms with Gasteiger partial charge in [-0.1, -0.05) is 6.58 Å². The summed E-state index contributed by atoms with van der Waals surface area (Å²) in [6.07, 6.45) is 2.34. The van der Waals surface area contributed by atoms with Crippen LogP contribution in [0, 0.1) is 0 Å². The summed E-state index contributed by atoms with van der Waals surface area (Å²) in [6, 6.07) is 18.4. The lowest BCUT2D eigenvalue weighted by molar-refractivity contribution is -0.151. The molecule has 0 aromatic heterocycles. The molecular formula is C31H32O8. The van der Waals surface area contributed by atoms with Crippen molar-refractivity contribution in [3.05, 3.63) is 96.6 Å². The van der Waals surface area contributed by atoms with Crippen molar-refractivity contribution in [3.63, 3.8) is 0 Å². The Hall–Kier alpha value is -4.59. The Kier molecular flexibility index (Phi) is 9.14. The number of hydrogen-bond acceptors (Lipinski definition) is 8. The number of aromatic hydroxyl groups is 1. The largest absolute Gasteiger partial charge is 0.508 e. The Labute approximate surface area is 227 Å². The number of phenolic OH excluding ortho intramolecular Hbond substituents is 1. The highest BCUT2D eigenvalue weighted by Gasteiger charge is 2.28. The SMILES string of the molecule is C=CC(=O)OC(C)(C)CCC(C)(C)Oc1ccc(C(=O)Oc2ccc(OC(=O)c3ccc(O)cc3)cc2)cc1. The summed E-state index contributed by atoms with van der Waals surface area (Å²) in [5, 5.41) is 9.33. The van der Waals surface area contributed by atoms with E-state index in [0.29, 0.717) is 24.2 Å². The van der Waals surface area contributed by atoms with Gasteiger partial charge in [-0.05, 0) is 113 Å². The maximum Gasteiger partial charge on any atom is 0.343 e. The van der Waals surface area contributed by atoms with Crippen LogP contribution in [0.15, 0.2) is 85.5 Å². The van der Waals surface area contributed by atoms with Gasteiger partial charge >= 0.3 is 17.9 Å². The molecule has 3 rings (SSSR count). The topological polar surface area (TPSA) is 108 Å². The minimum absolute atomic E-state index is 0.0496. The Morgan fingerprint density at radius 3 is 1.56 bits per heavy atom. The minimum atomic E-state index is -0.661. The average Bonchev–Trinajstić information content (AvgIpc) is 2.89. The third-order valence-electron chi connectivity index (χ3n) is 5.70. The molecule has 0 saturated heterocycles. The molecule has 0 heterocycles. The molecule has 3 aromatic carbocycles. The summed E-state index contributed by atoms with van der Waals surface area (Å²) >= 11 is 0. The molecule has 0 atom stereocenters. The van der Waals surface area contributed by atoms with E-state index in [0.717, 1.165) is 6.08 Å². The number of hydrogen-bond donors (Lipinski definition) is 1. The monoisotopic (exact) mass is 532 g/mol. The normalized spacial score (nSPS) is 11.3. The first-order chi connectivity index (χ1) is 18.4. The molecule has 0 aliphatic rings. The summed E-state index contributed by atoms with van der Waals surface area (Å²) in [7, 11) is 0. The van der Waals surface area contributed by atoms with Crippen molar-refractivity contribution in [2.24, 2.45) is 0 Å². The standard InChI is InChI=1S/C31H32O8/c1-6-27(33)39-31(4,5)20-19-30(2,3)38-26-13-9-22(10-14-26)29(35)37-25-17-15-24(16-18-25)36-28(34)21-7-11-23(32)12-8-21/h6-18,32H,1,19-20H2,2-5H3. The van der Waals surface area contributed by atoms with E-state index in [2.05, 4.69) is 6.58 Å². The quantitative estimate of drug-likeness (QED) is 0.175. The Morgan fingerprint density at radius 1 is 0.692 bits per heavy atom. The van der Waals surface area contributed by atoms with Gasteiger partial charge in [0.15, 0.2) is 0 Å². The van der Waals surface area contributed by atoms with Gasteiger partial charge in [0, 0.05) is 6.08 Å². The van der Waals surface area contributed by atoms with Gasteiger partial charge in [-0.15, -0.1) is 0 Å². The fourth-order valence-electron chi connectivity index (χ4n) is 3.50. The van der Waals surface area contributed by atoms with Gasteiger partial charge in [0.2, 0.25) is 0 Å². The van der Waals surface area contributed by atoms with Crippen LogP contribution in [0.4, 0.5) is 0 Å². The molecule has 0 bridgehead atoms. The number of carbonyl (C=O) groups is 3. The van der Waals surface area contributed by atoms with Crippen molar-refractivity contribution in [3.8, 4) is 23.0 Å². The molecule has 3 aromatic rings. The van der Waals surface area contributed by atoms with Crippen LogP contribution in [0.25, 0.3) is 0 Å². The minimum Gasteiger partial charge on any atom is -0.508 e. The van der Waals surface area contributed by atoms with Crippen molar-refractivity contribution in [1.82, 2.24) is 0 Å². The molecule has 204 valence electrons. The van der Waals surface area contributed by atoms with E-state index < -0.39 is 29.1 Å². The van der Waals surface area contributed by atoms with Crippen molar-refractivity contribution in [2.75, 3.05) is 0 Å². The van der Waals surface area contributed by atoms with E-state index in [1.54, 1.807) is 24.3 Å². The average molecular weight is 533 g/mol. The van der Waals surface area contributed by atoms with Crippen molar-refractivity contribution < 1.29 is 38.4 Å². The van der Waals surface area contributed by atoms with Gasteiger partial charge < -0.3 is 24.1 Å². The predicted molar refractivity (Wildman–Crippen MR) is 145 cm³/mol. The fraction of sp³-hybridized carbons (Fsp3) is 0.258. The van der Waals surface area contributed by atoms with Crippen LogP contribution in [-0.4, -0.2) is 34.2 Å². The zero-order valence-electron chi connectivity index (χ0n) is 22.4. The summed E-state index contributed by atoms with van der Waals surface area (Å²) < 4.78 is 22.2. The van der Waals surface area contributed by atoms with Crippen LogP contribution >= 0.6 is 0 Å². The number of phenols is 1. The van der Waals surface area contributed by atoms with Gasteiger partial charge in [0.05, 0.1) is 11.1 Å². The number of esters is 3. The zero-order chi connectivity index (χ0) is 28.6. The molecule has 1 N–H and O–H groups in total. The molecule has 0 radical (unpaired) electrons. The number of carbonyl (C=O) groups excluding carboxylic acids is 3. The lowest BCUT2D eigenvalue weighted by Gasteiger charge is -2.31. The van der Waals surface area contributed by atoms with Crippen molar-refractivity contribution in [1.29, 1.82) is 0 Å². The van der Waals surface area contributed by atoms with E-state index in [-0.39, 0.29) is 22.8 Å². The summed E-state index contributed by atoms with van der Waals surface area (Å²) in [5.74, 6) is -0.410. The molecule has 0 fully saturated rings. The number of benzene rings is 3. The van der Waals surface area contributed by atoms with Crippen molar-refractivity contribution in [2.45, 2.75) is 51.7 Å². The first-order valence-electron chi connectivity index (χ1n) is 12.3. The van der Waals surface area contributed by atoms with Gasteiger partial charge in [-0.3, -0.25) is 0 Å². The van der Waals surface area contributed by atoms with Crippen LogP contribution in [-0.2, 0) is 9.53 Å². The lowest BCUT2D eigenvalue weighted by Crippen LogP contribution is -2.34. The molecule has 0 amide bonds. The maximum absolute atomic E-state index is 12.6. The fourth-order valence-corrected chi connectivity index (χ4v) is 3.50. The molecule has 0 spiro atoms. The Bertz CT molecular complexity index is 1300. The van der Waals surface area contributed by atoms with E-state index in [1.807, 2.05) is 27.7 Å². The van der Waals surface area contributed by atoms with E-state index in [4.69, 9.17) is 18.9 Å². The van der Waals surface area contributed by atoms with Gasteiger partial charge in [-0.25, -0.2) is 14.4 Å². The summed E-state index contributed by atoms with van der Waals surface area (Å²) in [4.78, 5) is 36.3. The second kappa shape index (κ2) is 12.3. The highest BCUT2D eigenvalue weighted by molar-refractivity contribution is 5.92. The zero-order valence-corrected chi connectivity index (χ0v) is 22.4. The molecule has 0 aliphatic carbocycles. The van der Waals surface area contributed by atoms with Crippen LogP contribution in [0.3, 0.4) is 0 Å². The second-order valence-electron chi connectivity index (χ2n) is 10.1. The molecular weight excluding hydrogens is 500 g/mol. The van der Waals surface area contributed by atoms with Crippen LogP contribution in [0.1, 0.15) is 61.3 Å². The maximum atomic E-state index is 12.6. The van der Waals surface area contributed by atoms with Gasteiger partial charge in [-0.2, -0.15) is 0 Å². The van der Waals surface area contributed by atoms with E-state index in [9.17, 15) is 19.5 Å². The van der Waals surface area contributed by atoms with E-state index in [1.165, 1.54) is 48.5 Å². The summed E-state index contributed by atoms with van der Waals surface area (Å²) in [6.45, 7) is 11.0. The molecule has 0 aliphatic heterocycles.